The molecule has 0 amide bonds. The first kappa shape index (κ1) is 6.84. The fourth-order valence-electron chi connectivity index (χ4n) is 1.17. The lowest BCUT2D eigenvalue weighted by Crippen LogP contribution is -1.72. The number of fused-ring (bicyclic) bond motifs is 1. The molecule has 4 nitrogen and oxygen atoms in total. The molecule has 4 heteroatoms. The lowest BCUT2D eigenvalue weighted by molar-refractivity contribution is 1.04. The molecule has 3 N–H and O–H groups in total. The van der Waals surface area contributed by atoms with Gasteiger partial charge in [-0.05, 0) is 12.1 Å². The first-order valence-electron chi connectivity index (χ1n) is 3.59. The average molecular weight is 160 g/mol. The van der Waals surface area contributed by atoms with E-state index in [1.54, 1.807) is 0 Å². The topological polar surface area (TPSA) is 66.5 Å². The van der Waals surface area contributed by atoms with Gasteiger partial charge in [-0.15, -0.1) is 5.11 Å². The van der Waals surface area contributed by atoms with E-state index >= 15 is 0 Å². The normalized spacial score (nSPS) is 11.3. The number of nitrogens with two attached hydrogens (primary N) is 1. The molecule has 0 saturated heterocycles. The monoisotopic (exact) mass is 160 g/mol. The van der Waals surface area contributed by atoms with Gasteiger partial charge in [0.25, 0.3) is 0 Å². The van der Waals surface area contributed by atoms with E-state index < -0.39 is 0 Å². The number of hydrogen-bond acceptors (Lipinski definition) is 2. The first-order valence-corrected chi connectivity index (χ1v) is 3.59. The molecule has 0 fully saturated rings. The SMILES string of the molecule is NN=Nc1cc2ccccc2[nH]1. The van der Waals surface area contributed by atoms with Crippen LogP contribution >= 0.6 is 0 Å². The third-order valence-corrected chi connectivity index (χ3v) is 1.68. The molecule has 2 aromatic rings. The van der Waals surface area contributed by atoms with Gasteiger partial charge in [0.15, 0.2) is 5.82 Å². The Kier molecular flexibility index (Phi) is 1.51. The van der Waals surface area contributed by atoms with E-state index in [2.05, 4.69) is 15.3 Å². The molecule has 0 aliphatic heterocycles. The summed E-state index contributed by atoms with van der Waals surface area (Å²) in [5, 5.41) is 8.00. The molecule has 0 aliphatic rings. The van der Waals surface area contributed by atoms with Gasteiger partial charge in [0.1, 0.15) is 0 Å². The van der Waals surface area contributed by atoms with E-state index in [0.29, 0.717) is 5.82 Å². The van der Waals surface area contributed by atoms with Crippen molar-refractivity contribution in [1.82, 2.24) is 4.98 Å². The maximum absolute atomic E-state index is 4.92. The molecule has 12 heavy (non-hydrogen) atoms. The Hall–Kier alpha value is -1.84. The van der Waals surface area contributed by atoms with Crippen molar-refractivity contribution in [3.63, 3.8) is 0 Å². The van der Waals surface area contributed by atoms with E-state index in [0.717, 1.165) is 10.9 Å². The minimum atomic E-state index is 0.679. The summed E-state index contributed by atoms with van der Waals surface area (Å²) in [6.45, 7) is 0. The molecule has 0 radical (unpaired) electrons. The molecule has 0 bridgehead atoms. The van der Waals surface area contributed by atoms with E-state index in [1.807, 2.05) is 30.3 Å². The van der Waals surface area contributed by atoms with E-state index in [4.69, 9.17) is 5.84 Å². The summed E-state index contributed by atoms with van der Waals surface area (Å²) in [5.74, 6) is 5.60. The number of benzene rings is 1. The molecule has 0 atom stereocenters. The van der Waals surface area contributed by atoms with Gasteiger partial charge < -0.3 is 10.8 Å². The summed E-state index contributed by atoms with van der Waals surface area (Å²) >= 11 is 0. The minimum Gasteiger partial charge on any atom is -0.338 e. The number of para-hydroxylation sites is 1. The highest BCUT2D eigenvalue weighted by Gasteiger charge is 1.96. The van der Waals surface area contributed by atoms with Crippen LogP contribution in [-0.4, -0.2) is 4.98 Å². The number of aromatic nitrogens is 1. The van der Waals surface area contributed by atoms with Gasteiger partial charge in [-0.25, -0.2) is 0 Å². The van der Waals surface area contributed by atoms with Gasteiger partial charge in [-0.2, -0.15) is 0 Å². The molecule has 0 unspecified atom stereocenters. The Morgan fingerprint density at radius 1 is 1.25 bits per heavy atom. The predicted molar refractivity (Wildman–Crippen MR) is 47.0 cm³/mol. The second-order valence-electron chi connectivity index (χ2n) is 2.46. The predicted octanol–water partition coefficient (Wildman–Crippen LogP) is 2.13. The number of nitrogens with one attached hydrogen (secondary N) is 1. The van der Waals surface area contributed by atoms with Crippen LogP contribution in [0.5, 0.6) is 0 Å². The number of aromatic amines is 1. The minimum absolute atomic E-state index is 0.679. The third-order valence-electron chi connectivity index (χ3n) is 1.68. The van der Waals surface area contributed by atoms with Crippen LogP contribution in [0.4, 0.5) is 5.82 Å². The van der Waals surface area contributed by atoms with Crippen LogP contribution in [0.3, 0.4) is 0 Å². The summed E-state index contributed by atoms with van der Waals surface area (Å²) in [7, 11) is 0. The zero-order chi connectivity index (χ0) is 8.39. The van der Waals surface area contributed by atoms with Crippen molar-refractivity contribution in [2.45, 2.75) is 0 Å². The van der Waals surface area contributed by atoms with Crippen LogP contribution in [-0.2, 0) is 0 Å². The van der Waals surface area contributed by atoms with Gasteiger partial charge in [-0.3, -0.25) is 0 Å². The number of hydrogen-bond donors (Lipinski definition) is 2. The fourth-order valence-corrected chi connectivity index (χ4v) is 1.17. The molecule has 0 aliphatic carbocycles. The maximum Gasteiger partial charge on any atom is 0.155 e. The largest absolute Gasteiger partial charge is 0.338 e. The van der Waals surface area contributed by atoms with Crippen molar-refractivity contribution >= 4 is 16.7 Å². The Bertz CT molecular complexity index is 383. The molecule has 2 rings (SSSR count). The van der Waals surface area contributed by atoms with Crippen LogP contribution in [0.1, 0.15) is 0 Å². The summed E-state index contributed by atoms with van der Waals surface area (Å²) < 4.78 is 0. The number of rotatable bonds is 1. The third kappa shape index (κ3) is 1.03. The van der Waals surface area contributed by atoms with Gasteiger partial charge in [0, 0.05) is 10.9 Å². The highest BCUT2D eigenvalue weighted by molar-refractivity contribution is 5.82. The van der Waals surface area contributed by atoms with Crippen molar-refractivity contribution in [3.05, 3.63) is 30.3 Å². The molecule has 1 heterocycles. The summed E-state index contributed by atoms with van der Waals surface area (Å²) in [6.07, 6.45) is 0. The standard InChI is InChI=1S/C8H8N4/c9-12-11-8-5-6-3-1-2-4-7(6)10-8/h1-5,10H,(H2,9,11). The van der Waals surface area contributed by atoms with Crippen LogP contribution < -0.4 is 5.84 Å². The van der Waals surface area contributed by atoms with Crippen LogP contribution in [0.15, 0.2) is 40.7 Å². The van der Waals surface area contributed by atoms with E-state index in [1.165, 1.54) is 0 Å². The van der Waals surface area contributed by atoms with Gasteiger partial charge in [-0.1, -0.05) is 23.4 Å². The molecule has 0 spiro atoms. The zero-order valence-electron chi connectivity index (χ0n) is 6.36. The Morgan fingerprint density at radius 3 is 2.83 bits per heavy atom. The molecule has 0 saturated carbocycles. The van der Waals surface area contributed by atoms with E-state index in [-0.39, 0.29) is 0 Å². The van der Waals surface area contributed by atoms with Crippen molar-refractivity contribution in [2.24, 2.45) is 16.2 Å². The molecular formula is C8H8N4. The molecule has 60 valence electrons. The molecular weight excluding hydrogens is 152 g/mol. The number of H-pyrrole nitrogens is 1. The fraction of sp³-hybridized carbons (Fsp3) is 0. The van der Waals surface area contributed by atoms with Crippen molar-refractivity contribution in [2.75, 3.05) is 0 Å². The zero-order valence-corrected chi connectivity index (χ0v) is 6.36. The van der Waals surface area contributed by atoms with Gasteiger partial charge in [0.2, 0.25) is 0 Å². The lowest BCUT2D eigenvalue weighted by Gasteiger charge is -1.83. The Labute approximate surface area is 69.1 Å². The number of nitrogens with zero attached hydrogens (tertiary/aromatic N) is 2. The average Bonchev–Trinajstić information content (AvgIpc) is 2.47. The van der Waals surface area contributed by atoms with Crippen LogP contribution in [0, 0.1) is 0 Å². The maximum atomic E-state index is 4.92. The summed E-state index contributed by atoms with van der Waals surface area (Å²) in [6, 6.07) is 9.81. The van der Waals surface area contributed by atoms with Gasteiger partial charge >= 0.3 is 0 Å². The van der Waals surface area contributed by atoms with Gasteiger partial charge in [0.05, 0.1) is 0 Å². The quantitative estimate of drug-likeness (QED) is 0.374. The van der Waals surface area contributed by atoms with Crippen molar-refractivity contribution in [3.8, 4) is 0 Å². The van der Waals surface area contributed by atoms with Crippen molar-refractivity contribution in [1.29, 1.82) is 0 Å². The molecule has 1 aromatic carbocycles. The van der Waals surface area contributed by atoms with Crippen molar-refractivity contribution < 1.29 is 0 Å². The second kappa shape index (κ2) is 2.65. The van der Waals surface area contributed by atoms with E-state index in [9.17, 15) is 0 Å². The second-order valence-corrected chi connectivity index (χ2v) is 2.46. The lowest BCUT2D eigenvalue weighted by atomic mass is 10.3. The van der Waals surface area contributed by atoms with Crippen LogP contribution in [0.2, 0.25) is 0 Å². The molecule has 1 aromatic heterocycles. The Morgan fingerprint density at radius 2 is 2.08 bits per heavy atom. The summed E-state index contributed by atoms with van der Waals surface area (Å²) in [4.78, 5) is 3.06. The smallest absolute Gasteiger partial charge is 0.155 e. The first-order chi connectivity index (χ1) is 5.90. The highest BCUT2D eigenvalue weighted by atomic mass is 15.3. The highest BCUT2D eigenvalue weighted by Crippen LogP contribution is 2.19. The summed E-state index contributed by atoms with van der Waals surface area (Å²) in [5.41, 5.74) is 1.04. The van der Waals surface area contributed by atoms with Crippen LogP contribution in [0.25, 0.3) is 10.9 Å². The Balaban J connectivity index is 2.62.